The van der Waals surface area contributed by atoms with Crippen molar-refractivity contribution in [1.82, 2.24) is 15.6 Å². The Kier molecular flexibility index (Phi) is 7.14. The van der Waals surface area contributed by atoms with Gasteiger partial charge in [0.05, 0.1) is 6.10 Å². The highest BCUT2D eigenvalue weighted by Crippen LogP contribution is 2.71. The van der Waals surface area contributed by atoms with Gasteiger partial charge in [-0.25, -0.2) is 0 Å². The maximum atomic E-state index is 7.13. The maximum absolute atomic E-state index is 7.13. The van der Waals surface area contributed by atoms with Crippen LogP contribution in [0.25, 0.3) is 10.9 Å². The van der Waals surface area contributed by atoms with Gasteiger partial charge in [-0.15, -0.1) is 0 Å². The molecule has 0 amide bonds. The Morgan fingerprint density at radius 1 is 0.977 bits per heavy atom. The van der Waals surface area contributed by atoms with Crippen molar-refractivity contribution in [3.05, 3.63) is 36.0 Å². The van der Waals surface area contributed by atoms with Crippen LogP contribution in [0, 0.1) is 52.3 Å². The van der Waals surface area contributed by atoms with E-state index in [1.54, 1.807) is 0 Å². The first kappa shape index (κ1) is 29.0. The highest BCUT2D eigenvalue weighted by Gasteiger charge is 2.68. The molecule has 1 spiro atoms. The number of aromatic amines is 1. The van der Waals surface area contributed by atoms with Gasteiger partial charge in [-0.05, 0) is 129 Å². The number of rotatable bonds is 5. The summed E-state index contributed by atoms with van der Waals surface area (Å²) in [6.45, 7) is 12.4. The lowest BCUT2D eigenvalue weighted by molar-refractivity contribution is -0.134. The number of H-pyrrole nitrogens is 1. The second-order valence-electron chi connectivity index (χ2n) is 17.0. The van der Waals surface area contributed by atoms with E-state index in [9.17, 15) is 0 Å². The molecule has 13 atom stereocenters. The zero-order valence-corrected chi connectivity index (χ0v) is 27.3. The molecule has 2 aliphatic heterocycles. The molecule has 5 nitrogen and oxygen atoms in total. The SMILES string of the molecule is C[C@H]1CC[C@]2(NC1)O[C@H]1C[C@H]3[C@@H]4CC[C@H]5CC(NC[C@@H](N)Cc6c[nH]c7ccccc67)CC[C@]5(C)[C@H]4CC[C@]3(C)[C@H]1[C@@H]2C. The third-order valence-corrected chi connectivity index (χ3v) is 15.0. The number of hydrogen-bond donors (Lipinski definition) is 4. The van der Waals surface area contributed by atoms with Crippen molar-refractivity contribution in [3.63, 3.8) is 0 Å². The molecule has 1 unspecified atom stereocenters. The van der Waals surface area contributed by atoms with Gasteiger partial charge in [-0.3, -0.25) is 5.32 Å². The summed E-state index contributed by atoms with van der Waals surface area (Å²) in [6, 6.07) is 9.36. The predicted octanol–water partition coefficient (Wildman–Crippen LogP) is 7.02. The second kappa shape index (κ2) is 10.6. The van der Waals surface area contributed by atoms with E-state index >= 15 is 0 Å². The quantitative estimate of drug-likeness (QED) is 0.304. The van der Waals surface area contributed by atoms with Gasteiger partial charge in [0.1, 0.15) is 5.72 Å². The van der Waals surface area contributed by atoms with Crippen LogP contribution in [0.5, 0.6) is 0 Å². The highest BCUT2D eigenvalue weighted by molar-refractivity contribution is 5.83. The summed E-state index contributed by atoms with van der Waals surface area (Å²) in [5.74, 6) is 5.69. The molecule has 1 aromatic carbocycles. The number of fused-ring (bicyclic) bond motifs is 8. The van der Waals surface area contributed by atoms with E-state index in [-0.39, 0.29) is 11.8 Å². The smallest absolute Gasteiger partial charge is 0.122 e. The largest absolute Gasteiger partial charge is 0.361 e. The first-order valence-electron chi connectivity index (χ1n) is 18.2. The first-order chi connectivity index (χ1) is 20.7. The van der Waals surface area contributed by atoms with Crippen molar-refractivity contribution in [2.75, 3.05) is 13.1 Å². The van der Waals surface area contributed by atoms with Crippen molar-refractivity contribution >= 4 is 10.9 Å². The van der Waals surface area contributed by atoms with E-state index in [4.69, 9.17) is 10.5 Å². The Morgan fingerprint density at radius 2 is 1.81 bits per heavy atom. The minimum atomic E-state index is -0.0420. The molecule has 0 bridgehead atoms. The van der Waals surface area contributed by atoms with Crippen molar-refractivity contribution in [2.24, 2.45) is 58.0 Å². The minimum absolute atomic E-state index is 0.0420. The zero-order chi connectivity index (χ0) is 29.6. The van der Waals surface area contributed by atoms with Gasteiger partial charge in [0.15, 0.2) is 0 Å². The molecule has 8 rings (SSSR count). The van der Waals surface area contributed by atoms with Gasteiger partial charge >= 0.3 is 0 Å². The molecule has 2 saturated heterocycles. The number of para-hydroxylation sites is 1. The van der Waals surface area contributed by atoms with Crippen LogP contribution in [0.15, 0.2) is 30.5 Å². The van der Waals surface area contributed by atoms with E-state index in [2.05, 4.69) is 73.8 Å². The fourth-order valence-electron chi connectivity index (χ4n) is 12.6. The van der Waals surface area contributed by atoms with Crippen LogP contribution in [0.2, 0.25) is 0 Å². The average Bonchev–Trinajstić information content (AvgIpc) is 3.63. The van der Waals surface area contributed by atoms with Crippen molar-refractivity contribution < 1.29 is 4.74 Å². The van der Waals surface area contributed by atoms with Crippen molar-refractivity contribution in [2.45, 2.75) is 122 Å². The zero-order valence-electron chi connectivity index (χ0n) is 27.3. The van der Waals surface area contributed by atoms with Gasteiger partial charge in [0.25, 0.3) is 0 Å². The van der Waals surface area contributed by atoms with E-state index in [1.807, 2.05) is 0 Å². The van der Waals surface area contributed by atoms with Gasteiger partial charge in [-0.2, -0.15) is 0 Å². The molecule has 4 saturated carbocycles. The fraction of sp³-hybridized carbons (Fsp3) is 0.789. The van der Waals surface area contributed by atoms with Crippen LogP contribution in [-0.4, -0.2) is 42.0 Å². The van der Waals surface area contributed by atoms with Gasteiger partial charge < -0.3 is 20.8 Å². The first-order valence-corrected chi connectivity index (χ1v) is 18.2. The average molecular weight is 587 g/mol. The number of hydrogen-bond acceptors (Lipinski definition) is 4. The molecular weight excluding hydrogens is 528 g/mol. The number of nitrogens with one attached hydrogen (secondary N) is 3. The highest BCUT2D eigenvalue weighted by atomic mass is 16.5. The Bertz CT molecular complexity index is 1310. The number of piperidine rings is 1. The van der Waals surface area contributed by atoms with E-state index in [0.717, 1.165) is 55.0 Å². The van der Waals surface area contributed by atoms with Gasteiger partial charge in [-0.1, -0.05) is 45.9 Å². The molecule has 0 radical (unpaired) electrons. The molecule has 236 valence electrons. The van der Waals surface area contributed by atoms with Crippen molar-refractivity contribution in [3.8, 4) is 0 Å². The molecule has 3 heterocycles. The lowest BCUT2D eigenvalue weighted by Gasteiger charge is -2.61. The summed E-state index contributed by atoms with van der Waals surface area (Å²) < 4.78 is 7.13. The number of nitrogens with two attached hydrogens (primary N) is 1. The monoisotopic (exact) mass is 586 g/mol. The summed E-state index contributed by atoms with van der Waals surface area (Å²) in [6.07, 6.45) is 17.2. The standard InChI is InChI=1S/C38H58N4O/c1-23-11-16-38(42-20-23)24(2)35-34(43-38)19-32-30-10-9-26-18-28(12-14-36(26,3)31(30)13-15-37(32,35)4)40-22-27(39)17-25-21-41-33-8-6-5-7-29(25)33/h5-8,21,23-24,26-28,30-32,34-35,40-42H,9-20,22,39H2,1-4H3/t23-,24-,26-,27-,28?,30+,31-,32-,34-,35-,36-,37-,38-/m0/s1. The Morgan fingerprint density at radius 3 is 2.65 bits per heavy atom. The Hall–Kier alpha value is -1.40. The molecule has 5 N–H and O–H groups in total. The van der Waals surface area contributed by atoms with Crippen LogP contribution >= 0.6 is 0 Å². The molecule has 5 heteroatoms. The van der Waals surface area contributed by atoms with Gasteiger partial charge in [0, 0.05) is 48.2 Å². The summed E-state index contributed by atoms with van der Waals surface area (Å²) >= 11 is 0. The lowest BCUT2D eigenvalue weighted by Crippen LogP contribution is -2.58. The number of ether oxygens (including phenoxy) is 1. The summed E-state index contributed by atoms with van der Waals surface area (Å²) in [4.78, 5) is 3.42. The molecule has 6 fully saturated rings. The Labute approximate surface area is 260 Å². The number of aromatic nitrogens is 1. The normalized spacial score (nSPS) is 48.1. The van der Waals surface area contributed by atoms with E-state index in [0.29, 0.717) is 28.9 Å². The van der Waals surface area contributed by atoms with Crippen LogP contribution in [-0.2, 0) is 11.2 Å². The Balaban J connectivity index is 0.898. The predicted molar refractivity (Wildman–Crippen MR) is 176 cm³/mol. The summed E-state index contributed by atoms with van der Waals surface area (Å²) in [5, 5.41) is 9.21. The molecule has 6 aliphatic rings. The van der Waals surface area contributed by atoms with Crippen LogP contribution in [0.1, 0.15) is 97.5 Å². The third-order valence-electron chi connectivity index (χ3n) is 15.0. The van der Waals surface area contributed by atoms with Crippen LogP contribution in [0.4, 0.5) is 0 Å². The third kappa shape index (κ3) is 4.53. The maximum Gasteiger partial charge on any atom is 0.122 e. The van der Waals surface area contributed by atoms with Crippen LogP contribution in [0.3, 0.4) is 0 Å². The van der Waals surface area contributed by atoms with Gasteiger partial charge in [0.2, 0.25) is 0 Å². The summed E-state index contributed by atoms with van der Waals surface area (Å²) in [5.41, 5.74) is 10.2. The van der Waals surface area contributed by atoms with E-state index in [1.165, 1.54) is 80.7 Å². The number of benzene rings is 1. The topological polar surface area (TPSA) is 75.1 Å². The summed E-state index contributed by atoms with van der Waals surface area (Å²) in [7, 11) is 0. The molecule has 1 aromatic heterocycles. The molecule has 43 heavy (non-hydrogen) atoms. The fourth-order valence-corrected chi connectivity index (χ4v) is 12.6. The van der Waals surface area contributed by atoms with E-state index < -0.39 is 0 Å². The van der Waals surface area contributed by atoms with Crippen LogP contribution < -0.4 is 16.4 Å². The molecular formula is C38H58N4O. The minimum Gasteiger partial charge on any atom is -0.361 e. The second-order valence-corrected chi connectivity index (χ2v) is 17.0. The molecule has 2 aromatic rings. The van der Waals surface area contributed by atoms with Crippen molar-refractivity contribution in [1.29, 1.82) is 0 Å². The lowest BCUT2D eigenvalue weighted by atomic mass is 9.44. The molecule has 4 aliphatic carbocycles.